The number of alkyl halides is 6. The number of hydrogen-bond acceptors (Lipinski definition) is 12. The van der Waals surface area contributed by atoms with Gasteiger partial charge in [0.1, 0.15) is 47.5 Å². The first kappa shape index (κ1) is 79.0. The minimum atomic E-state index is -5.05. The van der Waals surface area contributed by atoms with Crippen LogP contribution in [0.4, 0.5) is 26.3 Å². The van der Waals surface area contributed by atoms with Crippen molar-refractivity contribution in [3.63, 3.8) is 0 Å². The van der Waals surface area contributed by atoms with Crippen molar-refractivity contribution in [2.24, 2.45) is 17.8 Å². The van der Waals surface area contributed by atoms with Crippen LogP contribution in [0.25, 0.3) is 0 Å². The first-order chi connectivity index (χ1) is 44.6. The van der Waals surface area contributed by atoms with Gasteiger partial charge in [0.25, 0.3) is 0 Å². The van der Waals surface area contributed by atoms with Gasteiger partial charge in [0.2, 0.25) is 65.0 Å². The predicted molar refractivity (Wildman–Crippen MR) is 343 cm³/mol. The summed E-state index contributed by atoms with van der Waals surface area (Å²) in [5, 5.41) is 7.81. The van der Waals surface area contributed by atoms with Gasteiger partial charge in [-0.1, -0.05) is 90.6 Å². The van der Waals surface area contributed by atoms with E-state index in [0.29, 0.717) is 19.3 Å². The van der Waals surface area contributed by atoms with E-state index in [1.54, 1.807) is 34.6 Å². The second-order valence-corrected chi connectivity index (χ2v) is 27.0. The Bertz CT molecular complexity index is 3150. The molecule has 96 heavy (non-hydrogen) atoms. The van der Waals surface area contributed by atoms with Gasteiger partial charge in [-0.25, -0.2) is 0 Å². The van der Waals surface area contributed by atoms with Crippen LogP contribution in [-0.4, -0.2) is 234 Å². The molecule has 30 heteroatoms. The number of halogens is 7. The Balaban J connectivity index is 1.59. The molecule has 0 bridgehead atoms. The number of hydrogen-bond donors (Lipinski definition) is 3. The lowest BCUT2D eigenvalue weighted by molar-refractivity contribution is -0.274. The Labute approximate surface area is 562 Å². The molecule has 23 nitrogen and oxygen atoms in total. The molecule has 11 amide bonds. The van der Waals surface area contributed by atoms with E-state index in [4.69, 9.17) is 11.6 Å². The number of carbonyl (C=O) groups is 11. The molecule has 3 fully saturated rings. The van der Waals surface area contributed by atoms with Crippen molar-refractivity contribution >= 4 is 76.6 Å². The highest BCUT2D eigenvalue weighted by Gasteiger charge is 2.50. The lowest BCUT2D eigenvalue weighted by Gasteiger charge is -2.41. The summed E-state index contributed by atoms with van der Waals surface area (Å²) in [5.74, 6) is -9.77. The summed E-state index contributed by atoms with van der Waals surface area (Å²) in [6, 6.07) is -1.19. The molecule has 8 atom stereocenters. The van der Waals surface area contributed by atoms with Crippen LogP contribution in [0.3, 0.4) is 0 Å². The molecule has 3 aliphatic rings. The van der Waals surface area contributed by atoms with Gasteiger partial charge >= 0.3 is 12.5 Å². The Kier molecular flexibility index (Phi) is 27.6. The molecular formula is C66H94ClF6N11O12. The zero-order valence-electron chi connectivity index (χ0n) is 57.3. The van der Waals surface area contributed by atoms with E-state index in [-0.39, 0.29) is 81.4 Å². The van der Waals surface area contributed by atoms with Gasteiger partial charge in [-0.2, -0.15) is 13.2 Å². The number of nitrogens with one attached hydrogen (secondary N) is 3. The molecule has 2 saturated heterocycles. The van der Waals surface area contributed by atoms with Crippen molar-refractivity contribution in [2.75, 3.05) is 75.5 Å². The quantitative estimate of drug-likeness (QED) is 0.230. The van der Waals surface area contributed by atoms with Gasteiger partial charge < -0.3 is 59.9 Å². The number of rotatable bonds is 11. The van der Waals surface area contributed by atoms with Crippen LogP contribution in [-0.2, 0) is 71.8 Å². The van der Waals surface area contributed by atoms with Crippen molar-refractivity contribution in [3.05, 3.63) is 64.2 Å². The van der Waals surface area contributed by atoms with Crippen molar-refractivity contribution in [1.29, 1.82) is 0 Å². The molecular weight excluding hydrogens is 1290 g/mol. The van der Waals surface area contributed by atoms with Gasteiger partial charge in [0, 0.05) is 74.8 Å². The standard InChI is InChI=1S/C66H94ClF6N11O12/c1-15-40(6)55-61(93)79(10)36-53(87)77(8)37-54(88)82(13)50(34-43-20-24-44(25-21-43)96-66(71,72)73)60(92)78(9)35-51(85)74-47(27-23-42-22-26-45(46(67)33-42)65(68,69)70)59(91)84-30-18-19-48(84)58(90)76-64(28-16-17-29-64)63(95)83(14)56(39(4)5)62(94)80(11)41(7)32-52(86)81(12)49(31-38(2)3)57(89)75-55/h20-22,24-26,33,38-41,47-50,55-56H,15-19,23,27-32,34-37H2,1-14H3,(H,74,85)(H,75,89)(H,76,90)/t40-,41+,47-,48?,49-,50-,55-,56-/m0/s1. The van der Waals surface area contributed by atoms with Crippen LogP contribution in [0.2, 0.25) is 5.02 Å². The molecule has 1 spiro atoms. The maximum absolute atomic E-state index is 15.1. The Morgan fingerprint density at radius 2 is 1.23 bits per heavy atom. The monoisotopic (exact) mass is 1380 g/mol. The fourth-order valence-corrected chi connectivity index (χ4v) is 12.8. The summed E-state index contributed by atoms with van der Waals surface area (Å²) >= 11 is 6.09. The molecule has 1 aliphatic carbocycles. The van der Waals surface area contributed by atoms with Gasteiger partial charge in [-0.05, 0) is 105 Å². The van der Waals surface area contributed by atoms with Crippen LogP contribution < -0.4 is 20.7 Å². The maximum Gasteiger partial charge on any atom is 0.573 e. The Morgan fingerprint density at radius 3 is 1.79 bits per heavy atom. The fraction of sp³-hybridized carbons (Fsp3) is 0.652. The zero-order chi connectivity index (χ0) is 72.2. The number of benzene rings is 2. The van der Waals surface area contributed by atoms with Gasteiger partial charge in [0.05, 0.1) is 30.2 Å². The molecule has 2 aliphatic heterocycles. The number of nitrogens with zero attached hydrogens (tertiary/aromatic N) is 8. The molecule has 0 radical (unpaired) electrons. The summed E-state index contributed by atoms with van der Waals surface area (Å²) in [6.45, 7) is 10.2. The van der Waals surface area contributed by atoms with Crippen LogP contribution >= 0.6 is 11.6 Å². The topological polar surface area (TPSA) is 259 Å². The lowest BCUT2D eigenvalue weighted by atomic mass is 9.91. The van der Waals surface area contributed by atoms with E-state index in [0.717, 1.165) is 49.9 Å². The zero-order valence-corrected chi connectivity index (χ0v) is 58.0. The fourth-order valence-electron chi connectivity index (χ4n) is 12.5. The summed E-state index contributed by atoms with van der Waals surface area (Å²) < 4.78 is 84.9. The number of fused-ring (bicyclic) bond motifs is 1. The third-order valence-electron chi connectivity index (χ3n) is 18.5. The second kappa shape index (κ2) is 33.5. The van der Waals surface area contributed by atoms with Crippen LogP contribution in [0.1, 0.15) is 129 Å². The largest absolute Gasteiger partial charge is 0.573 e. The minimum absolute atomic E-state index is 0.0212. The van der Waals surface area contributed by atoms with Crippen LogP contribution in [0.5, 0.6) is 5.75 Å². The molecule has 5 rings (SSSR count). The summed E-state index contributed by atoms with van der Waals surface area (Å²) in [6.07, 6.45) is -8.72. The number of likely N-dealkylation sites (N-methyl/N-ethyl adjacent to an activating group) is 7. The molecule has 534 valence electrons. The summed E-state index contributed by atoms with van der Waals surface area (Å²) in [7, 11) is 9.39. The van der Waals surface area contributed by atoms with E-state index in [9.17, 15) is 69.5 Å². The molecule has 3 N–H and O–H groups in total. The normalized spacial score (nSPS) is 24.5. The summed E-state index contributed by atoms with van der Waals surface area (Å²) in [5.41, 5.74) is -2.23. The van der Waals surface area contributed by atoms with Gasteiger partial charge in [0.15, 0.2) is 0 Å². The van der Waals surface area contributed by atoms with E-state index in [1.807, 2.05) is 13.8 Å². The van der Waals surface area contributed by atoms with Crippen LogP contribution in [0, 0.1) is 17.8 Å². The molecule has 2 aromatic carbocycles. The van der Waals surface area contributed by atoms with E-state index in [1.165, 1.54) is 81.1 Å². The second-order valence-electron chi connectivity index (χ2n) is 26.6. The lowest BCUT2D eigenvalue weighted by Crippen LogP contribution is -2.64. The molecule has 0 aromatic heterocycles. The van der Waals surface area contributed by atoms with Crippen LogP contribution in [0.15, 0.2) is 42.5 Å². The minimum Gasteiger partial charge on any atom is -0.406 e. The molecule has 2 aromatic rings. The van der Waals surface area contributed by atoms with Crippen molar-refractivity contribution in [2.45, 2.75) is 186 Å². The predicted octanol–water partition coefficient (Wildman–Crippen LogP) is 5.68. The molecule has 1 saturated carbocycles. The third kappa shape index (κ3) is 20.4. The maximum atomic E-state index is 15.1. The van der Waals surface area contributed by atoms with Crippen molar-refractivity contribution in [3.8, 4) is 5.75 Å². The summed E-state index contributed by atoms with van der Waals surface area (Å²) in [4.78, 5) is 169. The van der Waals surface area contributed by atoms with E-state index >= 15 is 9.59 Å². The Hall–Kier alpha value is -7.72. The number of amides is 11. The highest BCUT2D eigenvalue weighted by molar-refractivity contribution is 6.31. The highest BCUT2D eigenvalue weighted by Crippen LogP contribution is 2.37. The number of carbonyl (C=O) groups excluding carboxylic acids is 11. The van der Waals surface area contributed by atoms with E-state index < -0.39 is 173 Å². The number of aryl methyl sites for hydroxylation is 1. The Morgan fingerprint density at radius 1 is 0.646 bits per heavy atom. The SMILES string of the molecule is CC[C@H](C)[C@@H]1NC(=O)[C@H](CC(C)C)N(C)C(=O)C[C@@H](C)N(C)C(=O)[C@H](C(C)C)N(C)C(=O)C2(CCCC2)NC(=O)C2CCCN2C(=O)[C@H](CCc2ccc(C(F)(F)F)c(Cl)c2)NC(=O)CN(C)C(=O)[C@H](Cc2ccc(OC(F)(F)F)cc2)N(C)C(=O)CN(C)C(=O)CN(C)C1=O. The first-order valence-electron chi connectivity index (χ1n) is 32.3. The van der Waals surface area contributed by atoms with Gasteiger partial charge in [-0.3, -0.25) is 52.7 Å². The third-order valence-corrected chi connectivity index (χ3v) is 18.8. The van der Waals surface area contributed by atoms with Crippen molar-refractivity contribution in [1.82, 2.24) is 55.1 Å². The first-order valence-corrected chi connectivity index (χ1v) is 32.7. The molecule has 2 heterocycles. The van der Waals surface area contributed by atoms with E-state index in [2.05, 4.69) is 20.7 Å². The van der Waals surface area contributed by atoms with Crippen molar-refractivity contribution < 1.29 is 83.8 Å². The smallest absolute Gasteiger partial charge is 0.406 e. The highest BCUT2D eigenvalue weighted by atomic mass is 35.5. The average molecular weight is 1380 g/mol. The molecule has 1 unspecified atom stereocenters. The van der Waals surface area contributed by atoms with Gasteiger partial charge in [-0.15, -0.1) is 13.2 Å². The number of ether oxygens (including phenoxy) is 1. The average Bonchev–Trinajstić information content (AvgIpc) is 1.47.